The largest absolute Gasteiger partial charge is 0.375 e. The average molecular weight is 257 g/mol. The lowest BCUT2D eigenvalue weighted by Gasteiger charge is -1.99. The number of rotatable bonds is 1. The Morgan fingerprint density at radius 2 is 2.00 bits per heavy atom. The number of nitrogens with one attached hydrogen (secondary N) is 1. The zero-order valence-corrected chi connectivity index (χ0v) is 11.5. The fourth-order valence-electron chi connectivity index (χ4n) is 2.40. The van der Waals surface area contributed by atoms with Gasteiger partial charge in [0.2, 0.25) is 0 Å². The minimum atomic E-state index is 0.628. The summed E-state index contributed by atoms with van der Waals surface area (Å²) in [5, 5.41) is 1.84. The summed E-state index contributed by atoms with van der Waals surface area (Å²) in [5.41, 5.74) is 11.5. The Labute approximate surface area is 110 Å². The third-order valence-electron chi connectivity index (χ3n) is 3.19. The molecule has 0 aliphatic heterocycles. The van der Waals surface area contributed by atoms with Crippen LogP contribution in [0.15, 0.2) is 18.2 Å². The van der Waals surface area contributed by atoms with Gasteiger partial charge in [-0.2, -0.15) is 0 Å². The van der Waals surface area contributed by atoms with Gasteiger partial charge in [-0.1, -0.05) is 12.1 Å². The topological polar surface area (TPSA) is 54.7 Å². The van der Waals surface area contributed by atoms with Gasteiger partial charge in [-0.05, 0) is 32.4 Å². The molecular weight excluding hydrogens is 242 g/mol. The van der Waals surface area contributed by atoms with Gasteiger partial charge < -0.3 is 10.7 Å². The van der Waals surface area contributed by atoms with Crippen molar-refractivity contribution in [1.29, 1.82) is 0 Å². The van der Waals surface area contributed by atoms with Gasteiger partial charge in [0.1, 0.15) is 0 Å². The minimum Gasteiger partial charge on any atom is -0.375 e. The predicted octanol–water partition coefficient (Wildman–Crippen LogP) is 3.80. The molecule has 0 fully saturated rings. The van der Waals surface area contributed by atoms with Crippen molar-refractivity contribution in [2.45, 2.75) is 20.8 Å². The van der Waals surface area contributed by atoms with Crippen LogP contribution < -0.4 is 5.73 Å². The van der Waals surface area contributed by atoms with Gasteiger partial charge in [-0.25, -0.2) is 4.98 Å². The van der Waals surface area contributed by atoms with Crippen molar-refractivity contribution in [3.8, 4) is 11.3 Å². The van der Waals surface area contributed by atoms with Crippen LogP contribution >= 0.6 is 11.3 Å². The lowest BCUT2D eigenvalue weighted by atomic mass is 10.1. The summed E-state index contributed by atoms with van der Waals surface area (Å²) in [6.07, 6.45) is 0. The highest BCUT2D eigenvalue weighted by Crippen LogP contribution is 2.36. The molecule has 0 aliphatic rings. The number of fused-ring (bicyclic) bond motifs is 1. The maximum atomic E-state index is 5.80. The van der Waals surface area contributed by atoms with Crippen LogP contribution in [0.2, 0.25) is 0 Å². The van der Waals surface area contributed by atoms with E-state index in [0.717, 1.165) is 21.8 Å². The molecule has 0 atom stereocenters. The second-order valence-electron chi connectivity index (χ2n) is 4.63. The fourth-order valence-corrected chi connectivity index (χ4v) is 3.10. The maximum absolute atomic E-state index is 5.80. The van der Waals surface area contributed by atoms with Crippen LogP contribution in [0.4, 0.5) is 5.13 Å². The number of hydrogen-bond donors (Lipinski definition) is 2. The highest BCUT2D eigenvalue weighted by molar-refractivity contribution is 7.15. The van der Waals surface area contributed by atoms with Crippen molar-refractivity contribution in [3.63, 3.8) is 0 Å². The molecule has 3 aromatic rings. The van der Waals surface area contributed by atoms with Crippen LogP contribution in [-0.4, -0.2) is 9.97 Å². The average Bonchev–Trinajstić information content (AvgIpc) is 2.77. The summed E-state index contributed by atoms with van der Waals surface area (Å²) in [4.78, 5) is 9.05. The van der Waals surface area contributed by atoms with Crippen LogP contribution in [0.5, 0.6) is 0 Å². The van der Waals surface area contributed by atoms with E-state index in [4.69, 9.17) is 5.73 Å². The van der Waals surface area contributed by atoms with Gasteiger partial charge in [0, 0.05) is 27.0 Å². The van der Waals surface area contributed by atoms with E-state index >= 15 is 0 Å². The van der Waals surface area contributed by atoms with Gasteiger partial charge in [0.25, 0.3) is 0 Å². The van der Waals surface area contributed by atoms with Gasteiger partial charge in [0.05, 0.1) is 5.69 Å². The Morgan fingerprint density at radius 3 is 2.67 bits per heavy atom. The molecule has 3 nitrogen and oxygen atoms in total. The van der Waals surface area contributed by atoms with Crippen molar-refractivity contribution in [1.82, 2.24) is 9.97 Å². The standard InChI is InChI=1S/C14H15N3S/c1-7-4-5-10-11(6-7)16-8(2)12(10)13-9(3)18-14(15)17-13/h4-6,16H,1-3H3,(H2,15,17). The summed E-state index contributed by atoms with van der Waals surface area (Å²) in [6.45, 7) is 6.25. The Hall–Kier alpha value is -1.81. The molecule has 18 heavy (non-hydrogen) atoms. The van der Waals surface area contributed by atoms with E-state index < -0.39 is 0 Å². The minimum absolute atomic E-state index is 0.628. The molecule has 0 bridgehead atoms. The quantitative estimate of drug-likeness (QED) is 0.696. The van der Waals surface area contributed by atoms with E-state index in [9.17, 15) is 0 Å². The lowest BCUT2D eigenvalue weighted by Crippen LogP contribution is -1.85. The molecule has 0 aliphatic carbocycles. The number of aryl methyl sites for hydroxylation is 3. The number of aromatic amines is 1. The molecule has 2 heterocycles. The summed E-state index contributed by atoms with van der Waals surface area (Å²) >= 11 is 1.54. The third kappa shape index (κ3) is 1.61. The Bertz CT molecular complexity index is 737. The second kappa shape index (κ2) is 3.85. The molecule has 0 radical (unpaired) electrons. The SMILES string of the molecule is Cc1ccc2c(-c3nc(N)sc3C)c(C)[nH]c2c1. The number of thiazole rings is 1. The van der Waals surface area contributed by atoms with Crippen LogP contribution in [0, 0.1) is 20.8 Å². The molecule has 0 saturated carbocycles. The van der Waals surface area contributed by atoms with Crippen LogP contribution in [0.3, 0.4) is 0 Å². The molecule has 3 rings (SSSR count). The summed E-state index contributed by atoms with van der Waals surface area (Å²) < 4.78 is 0. The number of aromatic nitrogens is 2. The van der Waals surface area contributed by atoms with Gasteiger partial charge in [-0.15, -0.1) is 11.3 Å². The fraction of sp³-hybridized carbons (Fsp3) is 0.214. The zero-order chi connectivity index (χ0) is 12.9. The first-order valence-electron chi connectivity index (χ1n) is 5.88. The summed E-state index contributed by atoms with van der Waals surface area (Å²) in [7, 11) is 0. The monoisotopic (exact) mass is 257 g/mol. The molecular formula is C14H15N3S. The van der Waals surface area contributed by atoms with Crippen molar-refractivity contribution in [2.75, 3.05) is 5.73 Å². The highest BCUT2D eigenvalue weighted by atomic mass is 32.1. The molecule has 92 valence electrons. The highest BCUT2D eigenvalue weighted by Gasteiger charge is 2.16. The van der Waals surface area contributed by atoms with Crippen LogP contribution in [0.1, 0.15) is 16.1 Å². The lowest BCUT2D eigenvalue weighted by molar-refractivity contribution is 1.28. The number of benzene rings is 1. The van der Waals surface area contributed by atoms with E-state index in [1.807, 2.05) is 0 Å². The summed E-state index contributed by atoms with van der Waals surface area (Å²) in [5.74, 6) is 0. The Kier molecular flexibility index (Phi) is 2.41. The van der Waals surface area contributed by atoms with Crippen LogP contribution in [-0.2, 0) is 0 Å². The van der Waals surface area contributed by atoms with E-state index in [1.54, 1.807) is 11.3 Å². The van der Waals surface area contributed by atoms with E-state index in [2.05, 4.69) is 48.9 Å². The Balaban J connectivity index is 2.35. The van der Waals surface area contributed by atoms with E-state index in [-0.39, 0.29) is 0 Å². The molecule has 3 N–H and O–H groups in total. The summed E-state index contributed by atoms with van der Waals surface area (Å²) in [6, 6.07) is 6.44. The molecule has 0 spiro atoms. The number of nitrogens with zero attached hydrogens (tertiary/aromatic N) is 1. The van der Waals surface area contributed by atoms with Crippen molar-refractivity contribution < 1.29 is 0 Å². The van der Waals surface area contributed by atoms with Gasteiger partial charge in [-0.3, -0.25) is 0 Å². The number of nitrogens with two attached hydrogens (primary N) is 1. The first kappa shape index (κ1) is 11.3. The van der Waals surface area contributed by atoms with Crippen molar-refractivity contribution in [2.24, 2.45) is 0 Å². The molecule has 0 amide bonds. The molecule has 2 aromatic heterocycles. The third-order valence-corrected chi connectivity index (χ3v) is 3.99. The second-order valence-corrected chi connectivity index (χ2v) is 5.87. The zero-order valence-electron chi connectivity index (χ0n) is 10.7. The van der Waals surface area contributed by atoms with Gasteiger partial charge in [0.15, 0.2) is 5.13 Å². The first-order valence-corrected chi connectivity index (χ1v) is 6.70. The normalized spacial score (nSPS) is 11.3. The first-order chi connectivity index (χ1) is 8.56. The Morgan fingerprint density at radius 1 is 1.22 bits per heavy atom. The predicted molar refractivity (Wildman–Crippen MR) is 78.0 cm³/mol. The van der Waals surface area contributed by atoms with Gasteiger partial charge >= 0.3 is 0 Å². The number of anilines is 1. The van der Waals surface area contributed by atoms with Crippen molar-refractivity contribution >= 4 is 27.4 Å². The van der Waals surface area contributed by atoms with E-state index in [0.29, 0.717) is 5.13 Å². The molecule has 1 aromatic carbocycles. The smallest absolute Gasteiger partial charge is 0.180 e. The van der Waals surface area contributed by atoms with Crippen LogP contribution in [0.25, 0.3) is 22.2 Å². The van der Waals surface area contributed by atoms with Crippen molar-refractivity contribution in [3.05, 3.63) is 34.3 Å². The maximum Gasteiger partial charge on any atom is 0.180 e. The molecule has 0 unspecified atom stereocenters. The molecule has 4 heteroatoms. The number of nitrogen functional groups attached to an aromatic ring is 1. The number of hydrogen-bond acceptors (Lipinski definition) is 3. The van der Waals surface area contributed by atoms with E-state index in [1.165, 1.54) is 16.5 Å². The number of H-pyrrole nitrogens is 1. The molecule has 0 saturated heterocycles.